The quantitative estimate of drug-likeness (QED) is 0.690. The minimum atomic E-state index is -4.56. The fourth-order valence-electron chi connectivity index (χ4n) is 2.68. The number of carbonyl (C=O) groups excluding carboxylic acids is 1. The Morgan fingerprint density at radius 3 is 2.52 bits per heavy atom. The Morgan fingerprint density at radius 2 is 1.89 bits per heavy atom. The average molecular weight is 377 g/mol. The van der Waals surface area contributed by atoms with Crippen molar-refractivity contribution in [3.05, 3.63) is 78.0 Å². The molecule has 0 saturated heterocycles. The lowest BCUT2D eigenvalue weighted by Crippen LogP contribution is -2.35. The van der Waals surface area contributed by atoms with E-state index in [4.69, 9.17) is 4.42 Å². The lowest BCUT2D eigenvalue weighted by Gasteiger charge is -2.23. The molecular weight excluding hydrogens is 359 g/mol. The standard InChI is InChI=1S/C19H18F3N3O2/c1-24-10-4-6-14(24)12-25(13-15-7-5-11-27-15)18(26)23-17-9-3-2-8-16(17)19(20,21)22/h2-11H,12-13H2,1H3,(H,23,26). The zero-order valence-corrected chi connectivity index (χ0v) is 14.5. The number of halogens is 3. The van der Waals surface area contributed by atoms with E-state index in [9.17, 15) is 18.0 Å². The fraction of sp³-hybridized carbons (Fsp3) is 0.211. The molecule has 3 rings (SSSR count). The second-order valence-corrected chi connectivity index (χ2v) is 6.02. The summed E-state index contributed by atoms with van der Waals surface area (Å²) in [5.41, 5.74) is -0.345. The minimum absolute atomic E-state index is 0.123. The summed E-state index contributed by atoms with van der Waals surface area (Å²) in [4.78, 5) is 14.1. The van der Waals surface area contributed by atoms with E-state index in [0.29, 0.717) is 5.76 Å². The Morgan fingerprint density at radius 1 is 1.11 bits per heavy atom. The van der Waals surface area contributed by atoms with Crippen molar-refractivity contribution >= 4 is 11.7 Å². The number of amides is 2. The maximum absolute atomic E-state index is 13.2. The number of hydrogen-bond acceptors (Lipinski definition) is 2. The number of urea groups is 1. The lowest BCUT2D eigenvalue weighted by molar-refractivity contribution is -0.136. The summed E-state index contributed by atoms with van der Waals surface area (Å²) >= 11 is 0. The summed E-state index contributed by atoms with van der Waals surface area (Å²) in [6.07, 6.45) is -1.25. The molecule has 1 N–H and O–H groups in total. The van der Waals surface area contributed by atoms with Crippen molar-refractivity contribution < 1.29 is 22.4 Å². The SMILES string of the molecule is Cn1cccc1CN(Cc1ccco1)C(=O)Nc1ccccc1C(F)(F)F. The van der Waals surface area contributed by atoms with E-state index in [0.717, 1.165) is 11.8 Å². The molecule has 0 saturated carbocycles. The molecule has 2 amide bonds. The van der Waals surface area contributed by atoms with Gasteiger partial charge in [0.2, 0.25) is 0 Å². The van der Waals surface area contributed by atoms with Crippen LogP contribution in [-0.2, 0) is 26.3 Å². The van der Waals surface area contributed by atoms with E-state index < -0.39 is 17.8 Å². The lowest BCUT2D eigenvalue weighted by atomic mass is 10.1. The van der Waals surface area contributed by atoms with Crippen molar-refractivity contribution in [2.24, 2.45) is 7.05 Å². The Kier molecular flexibility index (Phi) is 5.25. The first kappa shape index (κ1) is 18.6. The van der Waals surface area contributed by atoms with Crippen LogP contribution >= 0.6 is 0 Å². The number of alkyl halides is 3. The molecule has 1 aromatic carbocycles. The van der Waals surface area contributed by atoms with Crippen molar-refractivity contribution in [2.75, 3.05) is 5.32 Å². The molecule has 5 nitrogen and oxygen atoms in total. The van der Waals surface area contributed by atoms with E-state index in [1.165, 1.54) is 29.4 Å². The van der Waals surface area contributed by atoms with Crippen LogP contribution in [0.4, 0.5) is 23.7 Å². The summed E-state index contributed by atoms with van der Waals surface area (Å²) in [6, 6.07) is 11.3. The van der Waals surface area contributed by atoms with Gasteiger partial charge in [-0.1, -0.05) is 12.1 Å². The molecule has 0 atom stereocenters. The molecule has 0 aliphatic heterocycles. The summed E-state index contributed by atoms with van der Waals surface area (Å²) in [7, 11) is 1.83. The van der Waals surface area contributed by atoms with Crippen molar-refractivity contribution in [1.29, 1.82) is 0 Å². The van der Waals surface area contributed by atoms with Crippen LogP contribution in [0.1, 0.15) is 17.0 Å². The predicted octanol–water partition coefficient (Wildman–Crippen LogP) is 4.87. The third kappa shape index (κ3) is 4.52. The molecule has 2 aromatic heterocycles. The third-order valence-corrected chi connectivity index (χ3v) is 4.09. The van der Waals surface area contributed by atoms with Gasteiger partial charge in [-0.2, -0.15) is 13.2 Å². The van der Waals surface area contributed by atoms with Gasteiger partial charge < -0.3 is 19.2 Å². The van der Waals surface area contributed by atoms with E-state index in [2.05, 4.69) is 5.32 Å². The number of nitrogens with one attached hydrogen (secondary N) is 1. The minimum Gasteiger partial charge on any atom is -0.467 e. The first-order chi connectivity index (χ1) is 12.8. The van der Waals surface area contributed by atoms with Crippen LogP contribution in [0.3, 0.4) is 0 Å². The molecule has 2 heterocycles. The normalized spacial score (nSPS) is 11.4. The molecule has 0 bridgehead atoms. The van der Waals surface area contributed by atoms with Gasteiger partial charge in [0.25, 0.3) is 0 Å². The van der Waals surface area contributed by atoms with Gasteiger partial charge >= 0.3 is 12.2 Å². The maximum atomic E-state index is 13.2. The van der Waals surface area contributed by atoms with Crippen molar-refractivity contribution in [3.8, 4) is 0 Å². The second kappa shape index (κ2) is 7.61. The molecule has 27 heavy (non-hydrogen) atoms. The number of benzene rings is 1. The molecule has 0 radical (unpaired) electrons. The highest BCUT2D eigenvalue weighted by Crippen LogP contribution is 2.34. The van der Waals surface area contributed by atoms with Crippen LogP contribution < -0.4 is 5.32 Å². The molecule has 0 aliphatic carbocycles. The van der Waals surface area contributed by atoms with E-state index in [-0.39, 0.29) is 18.8 Å². The molecule has 0 spiro atoms. The van der Waals surface area contributed by atoms with Crippen LogP contribution in [-0.4, -0.2) is 15.5 Å². The average Bonchev–Trinajstić information content (AvgIpc) is 3.26. The van der Waals surface area contributed by atoms with E-state index in [1.807, 2.05) is 29.9 Å². The predicted molar refractivity (Wildman–Crippen MR) is 93.8 cm³/mol. The van der Waals surface area contributed by atoms with Crippen LogP contribution in [0.15, 0.2) is 65.4 Å². The van der Waals surface area contributed by atoms with Crippen LogP contribution in [0.25, 0.3) is 0 Å². The Hall–Kier alpha value is -3.16. The Labute approximate surface area is 154 Å². The van der Waals surface area contributed by atoms with Gasteiger partial charge in [0.15, 0.2) is 0 Å². The van der Waals surface area contributed by atoms with E-state index in [1.54, 1.807) is 12.1 Å². The smallest absolute Gasteiger partial charge is 0.418 e. The molecule has 0 fully saturated rings. The molecule has 142 valence electrons. The molecular formula is C19H18F3N3O2. The van der Waals surface area contributed by atoms with Gasteiger partial charge in [0.1, 0.15) is 5.76 Å². The zero-order valence-electron chi connectivity index (χ0n) is 14.5. The zero-order chi connectivity index (χ0) is 19.4. The number of aromatic nitrogens is 1. The number of para-hydroxylation sites is 1. The molecule has 0 unspecified atom stereocenters. The van der Waals surface area contributed by atoms with Gasteiger partial charge in [0.05, 0.1) is 30.6 Å². The molecule has 8 heteroatoms. The summed E-state index contributed by atoms with van der Waals surface area (Å²) < 4.78 is 46.7. The van der Waals surface area contributed by atoms with Crippen molar-refractivity contribution in [2.45, 2.75) is 19.3 Å². The van der Waals surface area contributed by atoms with Gasteiger partial charge in [0, 0.05) is 18.9 Å². The maximum Gasteiger partial charge on any atom is 0.418 e. The number of aryl methyl sites for hydroxylation is 1. The Balaban J connectivity index is 1.84. The highest BCUT2D eigenvalue weighted by atomic mass is 19.4. The van der Waals surface area contributed by atoms with Gasteiger partial charge in [-0.15, -0.1) is 0 Å². The molecule has 3 aromatic rings. The topological polar surface area (TPSA) is 50.4 Å². The van der Waals surface area contributed by atoms with Crippen molar-refractivity contribution in [3.63, 3.8) is 0 Å². The van der Waals surface area contributed by atoms with Gasteiger partial charge in [-0.3, -0.25) is 0 Å². The number of hydrogen-bond donors (Lipinski definition) is 1. The van der Waals surface area contributed by atoms with Crippen molar-refractivity contribution in [1.82, 2.24) is 9.47 Å². The van der Waals surface area contributed by atoms with Crippen LogP contribution in [0, 0.1) is 0 Å². The largest absolute Gasteiger partial charge is 0.467 e. The summed E-state index contributed by atoms with van der Waals surface area (Å²) in [5.74, 6) is 0.531. The first-order valence-corrected chi connectivity index (χ1v) is 8.19. The first-order valence-electron chi connectivity index (χ1n) is 8.19. The monoisotopic (exact) mass is 377 g/mol. The van der Waals surface area contributed by atoms with Crippen LogP contribution in [0.2, 0.25) is 0 Å². The van der Waals surface area contributed by atoms with Crippen LogP contribution in [0.5, 0.6) is 0 Å². The highest BCUT2D eigenvalue weighted by molar-refractivity contribution is 5.90. The fourth-order valence-corrected chi connectivity index (χ4v) is 2.68. The second-order valence-electron chi connectivity index (χ2n) is 6.02. The number of furan rings is 1. The van der Waals surface area contributed by atoms with Gasteiger partial charge in [-0.25, -0.2) is 4.79 Å². The number of carbonyl (C=O) groups is 1. The highest BCUT2D eigenvalue weighted by Gasteiger charge is 2.34. The number of nitrogens with zero attached hydrogens (tertiary/aromatic N) is 2. The summed E-state index contributed by atoms with van der Waals surface area (Å²) in [5, 5.41) is 2.38. The Bertz CT molecular complexity index is 901. The number of rotatable bonds is 5. The number of anilines is 1. The van der Waals surface area contributed by atoms with E-state index >= 15 is 0 Å². The summed E-state index contributed by atoms with van der Waals surface area (Å²) in [6.45, 7) is 0.336. The third-order valence-electron chi connectivity index (χ3n) is 4.09. The van der Waals surface area contributed by atoms with Gasteiger partial charge in [-0.05, 0) is 36.4 Å². The molecule has 0 aliphatic rings.